The third-order valence-corrected chi connectivity index (χ3v) is 2.01. The number of carbonyl (C=O) groups is 2. The summed E-state index contributed by atoms with van der Waals surface area (Å²) < 4.78 is 0. The van der Waals surface area contributed by atoms with Gasteiger partial charge < -0.3 is 10.2 Å². The maximum absolute atomic E-state index is 10.1. The van der Waals surface area contributed by atoms with Gasteiger partial charge in [0.2, 0.25) is 0 Å². The summed E-state index contributed by atoms with van der Waals surface area (Å²) in [6, 6.07) is 0. The Balaban J connectivity index is 3.22. The molecule has 0 saturated heterocycles. The zero-order valence-corrected chi connectivity index (χ0v) is 9.26. The predicted octanol–water partition coefficient (Wildman–Crippen LogP) is 2.61. The third kappa shape index (κ3) is 12.4. The lowest BCUT2D eigenvalue weighted by atomic mass is 10.1. The molecule has 0 aromatic heterocycles. The van der Waals surface area contributed by atoms with Gasteiger partial charge in [-0.15, -0.1) is 0 Å². The zero-order valence-electron chi connectivity index (χ0n) is 9.26. The first kappa shape index (κ1) is 14.4. The van der Waals surface area contributed by atoms with Crippen LogP contribution in [0.2, 0.25) is 0 Å². The molecular weight excluding hydrogens is 208 g/mol. The van der Waals surface area contributed by atoms with E-state index in [-0.39, 0.29) is 0 Å². The highest BCUT2D eigenvalue weighted by atomic mass is 16.4. The Morgan fingerprint density at radius 3 is 1.44 bits per heavy atom. The fraction of sp³-hybridized carbons (Fsp3) is 0.500. The van der Waals surface area contributed by atoms with Gasteiger partial charge in [-0.25, -0.2) is 9.59 Å². The predicted molar refractivity (Wildman–Crippen MR) is 61.3 cm³/mol. The van der Waals surface area contributed by atoms with Crippen LogP contribution in [0.25, 0.3) is 0 Å². The molecule has 0 aliphatic rings. The molecule has 0 saturated carbocycles. The Morgan fingerprint density at radius 1 is 0.750 bits per heavy atom. The molecule has 0 atom stereocenters. The van der Waals surface area contributed by atoms with Crippen molar-refractivity contribution in [3.63, 3.8) is 0 Å². The highest BCUT2D eigenvalue weighted by molar-refractivity contribution is 5.79. The molecular formula is C12H18O4. The smallest absolute Gasteiger partial charge is 0.327 e. The number of allylic oxidation sites excluding steroid dienone is 2. The van der Waals surface area contributed by atoms with Crippen molar-refractivity contribution in [1.82, 2.24) is 0 Å². The number of aliphatic carboxylic acids is 2. The quantitative estimate of drug-likeness (QED) is 0.468. The molecule has 0 aromatic carbocycles. The van der Waals surface area contributed by atoms with Crippen LogP contribution in [0.15, 0.2) is 24.3 Å². The number of rotatable bonds is 9. The Labute approximate surface area is 95.3 Å². The van der Waals surface area contributed by atoms with E-state index < -0.39 is 11.9 Å². The summed E-state index contributed by atoms with van der Waals surface area (Å²) in [5, 5.41) is 16.6. The molecule has 4 nitrogen and oxygen atoms in total. The minimum Gasteiger partial charge on any atom is -0.478 e. The van der Waals surface area contributed by atoms with Crippen LogP contribution in [0, 0.1) is 0 Å². The first-order valence-corrected chi connectivity index (χ1v) is 5.42. The molecule has 0 fully saturated rings. The van der Waals surface area contributed by atoms with Gasteiger partial charge in [0, 0.05) is 12.2 Å². The molecule has 0 aromatic rings. The second kappa shape index (κ2) is 9.96. The summed E-state index contributed by atoms with van der Waals surface area (Å²) in [5.41, 5.74) is 0. The van der Waals surface area contributed by atoms with E-state index in [0.29, 0.717) is 0 Å². The van der Waals surface area contributed by atoms with E-state index in [0.717, 1.165) is 50.7 Å². The van der Waals surface area contributed by atoms with Crippen molar-refractivity contribution in [1.29, 1.82) is 0 Å². The van der Waals surface area contributed by atoms with E-state index in [1.807, 2.05) is 0 Å². The van der Waals surface area contributed by atoms with Gasteiger partial charge in [-0.2, -0.15) is 0 Å². The fourth-order valence-corrected chi connectivity index (χ4v) is 1.25. The third-order valence-electron chi connectivity index (χ3n) is 2.01. The standard InChI is InChI=1S/C12H18O4/c13-11(14)9-7-5-3-1-2-4-6-8-10-12(15)16/h7-10H,1-6H2,(H,13,14)(H,15,16). The minimum atomic E-state index is -0.904. The Hall–Kier alpha value is -1.58. The van der Waals surface area contributed by atoms with Gasteiger partial charge in [0.15, 0.2) is 0 Å². The molecule has 0 rings (SSSR count). The molecule has 0 aliphatic heterocycles. The lowest BCUT2D eigenvalue weighted by molar-refractivity contribution is -0.132. The number of unbranched alkanes of at least 4 members (excludes halogenated alkanes) is 5. The number of carboxylic acid groups (broad SMARTS) is 2. The molecule has 90 valence electrons. The van der Waals surface area contributed by atoms with Crippen LogP contribution >= 0.6 is 0 Å². The highest BCUT2D eigenvalue weighted by Crippen LogP contribution is 2.06. The van der Waals surface area contributed by atoms with Crippen LogP contribution in [0.1, 0.15) is 38.5 Å². The van der Waals surface area contributed by atoms with E-state index in [1.165, 1.54) is 0 Å². The Kier molecular flexibility index (Phi) is 8.97. The lowest BCUT2D eigenvalue weighted by Gasteiger charge is -1.96. The summed E-state index contributed by atoms with van der Waals surface area (Å²) in [4.78, 5) is 20.2. The SMILES string of the molecule is O=C(O)C=CCCCCCCC=CC(=O)O. The van der Waals surface area contributed by atoms with Crippen LogP contribution in [-0.4, -0.2) is 22.2 Å². The van der Waals surface area contributed by atoms with E-state index in [4.69, 9.17) is 10.2 Å². The van der Waals surface area contributed by atoms with E-state index in [2.05, 4.69) is 0 Å². The van der Waals surface area contributed by atoms with Gasteiger partial charge in [-0.3, -0.25) is 0 Å². The molecule has 16 heavy (non-hydrogen) atoms. The molecule has 2 N–H and O–H groups in total. The van der Waals surface area contributed by atoms with Gasteiger partial charge >= 0.3 is 11.9 Å². The first-order chi connectivity index (χ1) is 7.63. The van der Waals surface area contributed by atoms with Gasteiger partial charge in [0.25, 0.3) is 0 Å². The van der Waals surface area contributed by atoms with Crippen LogP contribution in [-0.2, 0) is 9.59 Å². The number of carboxylic acids is 2. The Morgan fingerprint density at radius 2 is 1.12 bits per heavy atom. The van der Waals surface area contributed by atoms with E-state index in [1.54, 1.807) is 12.2 Å². The molecule has 0 unspecified atom stereocenters. The van der Waals surface area contributed by atoms with Gasteiger partial charge in [-0.05, 0) is 25.7 Å². The summed E-state index contributed by atoms with van der Waals surface area (Å²) in [6.07, 6.45) is 11.3. The molecule has 4 heteroatoms. The molecule has 0 bridgehead atoms. The average Bonchev–Trinajstić information content (AvgIpc) is 2.20. The van der Waals surface area contributed by atoms with E-state index in [9.17, 15) is 9.59 Å². The maximum Gasteiger partial charge on any atom is 0.327 e. The van der Waals surface area contributed by atoms with Crippen LogP contribution in [0.3, 0.4) is 0 Å². The van der Waals surface area contributed by atoms with Crippen molar-refractivity contribution in [2.75, 3.05) is 0 Å². The number of hydrogen-bond acceptors (Lipinski definition) is 2. The van der Waals surface area contributed by atoms with Crippen LogP contribution in [0.4, 0.5) is 0 Å². The van der Waals surface area contributed by atoms with Gasteiger partial charge in [0.05, 0.1) is 0 Å². The van der Waals surface area contributed by atoms with Crippen molar-refractivity contribution >= 4 is 11.9 Å². The van der Waals surface area contributed by atoms with Gasteiger partial charge in [-0.1, -0.05) is 25.0 Å². The maximum atomic E-state index is 10.1. The molecule has 0 radical (unpaired) electrons. The number of hydrogen-bond donors (Lipinski definition) is 2. The summed E-state index contributed by atoms with van der Waals surface area (Å²) in [7, 11) is 0. The zero-order chi connectivity index (χ0) is 12.2. The molecule has 0 heterocycles. The second-order valence-corrected chi connectivity index (χ2v) is 3.47. The van der Waals surface area contributed by atoms with Crippen molar-refractivity contribution in [2.45, 2.75) is 38.5 Å². The van der Waals surface area contributed by atoms with Crippen LogP contribution in [0.5, 0.6) is 0 Å². The van der Waals surface area contributed by atoms with E-state index >= 15 is 0 Å². The minimum absolute atomic E-state index is 0.789. The fourth-order valence-electron chi connectivity index (χ4n) is 1.25. The monoisotopic (exact) mass is 226 g/mol. The van der Waals surface area contributed by atoms with Crippen molar-refractivity contribution in [3.05, 3.63) is 24.3 Å². The van der Waals surface area contributed by atoms with Gasteiger partial charge in [0.1, 0.15) is 0 Å². The highest BCUT2D eigenvalue weighted by Gasteiger charge is 1.90. The lowest BCUT2D eigenvalue weighted by Crippen LogP contribution is -1.86. The average molecular weight is 226 g/mol. The molecule has 0 aliphatic carbocycles. The largest absolute Gasteiger partial charge is 0.478 e. The Bertz CT molecular complexity index is 238. The van der Waals surface area contributed by atoms with Crippen molar-refractivity contribution in [2.24, 2.45) is 0 Å². The summed E-state index contributed by atoms with van der Waals surface area (Å²) in [6.45, 7) is 0. The normalized spacial score (nSPS) is 11.2. The summed E-state index contributed by atoms with van der Waals surface area (Å²) >= 11 is 0. The van der Waals surface area contributed by atoms with Crippen molar-refractivity contribution < 1.29 is 19.8 Å². The van der Waals surface area contributed by atoms with Crippen molar-refractivity contribution in [3.8, 4) is 0 Å². The second-order valence-electron chi connectivity index (χ2n) is 3.47. The molecule has 0 spiro atoms. The molecule has 0 amide bonds. The topological polar surface area (TPSA) is 74.6 Å². The van der Waals surface area contributed by atoms with Crippen LogP contribution < -0.4 is 0 Å². The summed E-state index contributed by atoms with van der Waals surface area (Å²) in [5.74, 6) is -1.81. The first-order valence-electron chi connectivity index (χ1n) is 5.42.